The number of hydrogen-bond acceptors (Lipinski definition) is 2. The Hall–Kier alpha value is -0.0800. The molecule has 0 amide bonds. The molecule has 0 heterocycles. The van der Waals surface area contributed by atoms with Crippen molar-refractivity contribution in [3.63, 3.8) is 0 Å². The van der Waals surface area contributed by atoms with E-state index >= 15 is 0 Å². The van der Waals surface area contributed by atoms with Crippen LogP contribution in [0.15, 0.2) is 0 Å². The summed E-state index contributed by atoms with van der Waals surface area (Å²) < 4.78 is 0. The van der Waals surface area contributed by atoms with E-state index in [0.717, 1.165) is 51.4 Å². The molecular weight excluding hydrogens is 186 g/mol. The molecule has 15 heavy (non-hydrogen) atoms. The minimum Gasteiger partial charge on any atom is -0.388 e. The van der Waals surface area contributed by atoms with Gasteiger partial charge in [0.05, 0.1) is 5.60 Å². The standard InChI is InChI=1S/C13H25NO/c1-11(2)7-9-12(14,10-8-11)13(15)5-3-4-6-13/h15H,3-10,14H2,1-2H3. The van der Waals surface area contributed by atoms with Gasteiger partial charge in [-0.15, -0.1) is 0 Å². The molecule has 2 rings (SSSR count). The summed E-state index contributed by atoms with van der Waals surface area (Å²) in [5.74, 6) is 0. The van der Waals surface area contributed by atoms with E-state index in [1.165, 1.54) is 0 Å². The first-order valence-electron chi connectivity index (χ1n) is 6.38. The van der Waals surface area contributed by atoms with Crippen LogP contribution in [0.1, 0.15) is 65.2 Å². The van der Waals surface area contributed by atoms with Gasteiger partial charge in [-0.3, -0.25) is 0 Å². The zero-order valence-electron chi connectivity index (χ0n) is 10.2. The van der Waals surface area contributed by atoms with E-state index in [1.807, 2.05) is 0 Å². The SMILES string of the molecule is CC1(C)CCC(N)(C2(O)CCCC2)CC1. The molecule has 0 aromatic carbocycles. The highest BCUT2D eigenvalue weighted by atomic mass is 16.3. The predicted octanol–water partition coefficient (Wildman–Crippen LogP) is 2.59. The maximum absolute atomic E-state index is 10.6. The van der Waals surface area contributed by atoms with Crippen LogP contribution in [0.3, 0.4) is 0 Å². The maximum atomic E-state index is 10.6. The van der Waals surface area contributed by atoms with Crippen molar-refractivity contribution in [1.29, 1.82) is 0 Å². The Morgan fingerprint density at radius 3 is 1.80 bits per heavy atom. The first kappa shape index (κ1) is 11.4. The predicted molar refractivity (Wildman–Crippen MR) is 62.6 cm³/mol. The summed E-state index contributed by atoms with van der Waals surface area (Å²) in [6.07, 6.45) is 8.45. The molecule has 0 aliphatic heterocycles. The number of hydrogen-bond donors (Lipinski definition) is 2. The smallest absolute Gasteiger partial charge is 0.0826 e. The van der Waals surface area contributed by atoms with Gasteiger partial charge in [0.25, 0.3) is 0 Å². The van der Waals surface area contributed by atoms with Crippen LogP contribution in [0.2, 0.25) is 0 Å². The number of rotatable bonds is 1. The maximum Gasteiger partial charge on any atom is 0.0826 e. The third-order valence-corrected chi connectivity index (χ3v) is 4.85. The van der Waals surface area contributed by atoms with Crippen LogP contribution in [0, 0.1) is 5.41 Å². The normalized spacial score (nSPS) is 32.8. The second-order valence-electron chi connectivity index (χ2n) is 6.56. The minimum atomic E-state index is -0.552. The topological polar surface area (TPSA) is 46.2 Å². The molecule has 3 N–H and O–H groups in total. The lowest BCUT2D eigenvalue weighted by Crippen LogP contribution is -2.61. The van der Waals surface area contributed by atoms with Gasteiger partial charge in [0, 0.05) is 5.54 Å². The van der Waals surface area contributed by atoms with E-state index in [4.69, 9.17) is 5.73 Å². The van der Waals surface area contributed by atoms with Crippen molar-refractivity contribution in [2.45, 2.75) is 76.4 Å². The highest BCUT2D eigenvalue weighted by molar-refractivity contribution is 5.08. The van der Waals surface area contributed by atoms with E-state index in [9.17, 15) is 5.11 Å². The number of nitrogens with two attached hydrogens (primary N) is 1. The Morgan fingerprint density at radius 1 is 0.867 bits per heavy atom. The molecule has 2 aliphatic rings. The molecule has 2 fully saturated rings. The molecule has 2 heteroatoms. The molecule has 0 aromatic heterocycles. The van der Waals surface area contributed by atoms with Crippen LogP contribution in [-0.4, -0.2) is 16.2 Å². The van der Waals surface area contributed by atoms with Gasteiger partial charge in [-0.2, -0.15) is 0 Å². The first-order chi connectivity index (χ1) is 6.87. The fourth-order valence-corrected chi connectivity index (χ4v) is 3.30. The van der Waals surface area contributed by atoms with Gasteiger partial charge in [-0.25, -0.2) is 0 Å². The molecule has 0 unspecified atom stereocenters. The van der Waals surface area contributed by atoms with Crippen molar-refractivity contribution in [3.05, 3.63) is 0 Å². The third-order valence-electron chi connectivity index (χ3n) is 4.85. The summed E-state index contributed by atoms with van der Waals surface area (Å²) in [5, 5.41) is 10.6. The minimum absolute atomic E-state index is 0.293. The van der Waals surface area contributed by atoms with Gasteiger partial charge in [0.1, 0.15) is 0 Å². The van der Waals surface area contributed by atoms with Crippen LogP contribution >= 0.6 is 0 Å². The molecule has 2 aliphatic carbocycles. The van der Waals surface area contributed by atoms with Crippen LogP contribution in [-0.2, 0) is 0 Å². The van der Waals surface area contributed by atoms with Gasteiger partial charge in [0.2, 0.25) is 0 Å². The average molecular weight is 211 g/mol. The van der Waals surface area contributed by atoms with Crippen LogP contribution < -0.4 is 5.73 Å². The summed E-state index contributed by atoms with van der Waals surface area (Å²) in [5.41, 5.74) is 6.05. The van der Waals surface area contributed by atoms with Crippen molar-refractivity contribution >= 4 is 0 Å². The Bertz CT molecular complexity index is 231. The van der Waals surface area contributed by atoms with Crippen molar-refractivity contribution in [3.8, 4) is 0 Å². The molecular formula is C13H25NO. The van der Waals surface area contributed by atoms with Gasteiger partial charge < -0.3 is 10.8 Å². The Kier molecular flexibility index (Phi) is 2.63. The molecule has 0 spiro atoms. The lowest BCUT2D eigenvalue weighted by molar-refractivity contribution is -0.0586. The van der Waals surface area contributed by atoms with Crippen molar-refractivity contribution in [1.82, 2.24) is 0 Å². The highest BCUT2D eigenvalue weighted by Crippen LogP contribution is 2.48. The van der Waals surface area contributed by atoms with Crippen LogP contribution in [0.5, 0.6) is 0 Å². The second kappa shape index (κ2) is 3.46. The van der Waals surface area contributed by atoms with Gasteiger partial charge in [-0.05, 0) is 43.9 Å². The fourth-order valence-electron chi connectivity index (χ4n) is 3.30. The molecule has 0 aromatic rings. The summed E-state index contributed by atoms with van der Waals surface area (Å²) in [6, 6.07) is 0. The van der Waals surface area contributed by atoms with E-state index < -0.39 is 5.60 Å². The first-order valence-corrected chi connectivity index (χ1v) is 6.38. The van der Waals surface area contributed by atoms with E-state index in [1.54, 1.807) is 0 Å². The molecule has 0 bridgehead atoms. The van der Waals surface area contributed by atoms with Gasteiger partial charge in [-0.1, -0.05) is 26.7 Å². The molecule has 2 saturated carbocycles. The van der Waals surface area contributed by atoms with E-state index in [0.29, 0.717) is 5.41 Å². The summed E-state index contributed by atoms with van der Waals surface area (Å²) >= 11 is 0. The Labute approximate surface area is 93.2 Å². The van der Waals surface area contributed by atoms with Crippen molar-refractivity contribution in [2.75, 3.05) is 0 Å². The summed E-state index contributed by atoms with van der Waals surface area (Å²) in [4.78, 5) is 0. The Balaban J connectivity index is 2.08. The van der Waals surface area contributed by atoms with Gasteiger partial charge >= 0.3 is 0 Å². The third kappa shape index (κ3) is 1.94. The van der Waals surface area contributed by atoms with E-state index in [-0.39, 0.29) is 5.54 Å². The molecule has 0 saturated heterocycles. The quantitative estimate of drug-likeness (QED) is 0.700. The van der Waals surface area contributed by atoms with E-state index in [2.05, 4.69) is 13.8 Å². The molecule has 88 valence electrons. The fraction of sp³-hybridized carbons (Fsp3) is 1.00. The molecule has 0 radical (unpaired) electrons. The van der Waals surface area contributed by atoms with Gasteiger partial charge in [0.15, 0.2) is 0 Å². The van der Waals surface area contributed by atoms with Crippen molar-refractivity contribution in [2.24, 2.45) is 11.1 Å². The zero-order chi connectivity index (χ0) is 11.2. The van der Waals surface area contributed by atoms with Crippen LogP contribution in [0.25, 0.3) is 0 Å². The molecule has 0 atom stereocenters. The highest BCUT2D eigenvalue weighted by Gasteiger charge is 2.51. The van der Waals surface area contributed by atoms with Crippen molar-refractivity contribution < 1.29 is 5.11 Å². The average Bonchev–Trinajstić information content (AvgIpc) is 2.60. The zero-order valence-corrected chi connectivity index (χ0v) is 10.2. The summed E-state index contributed by atoms with van der Waals surface area (Å²) in [7, 11) is 0. The summed E-state index contributed by atoms with van der Waals surface area (Å²) in [6.45, 7) is 4.62. The Morgan fingerprint density at radius 2 is 1.33 bits per heavy atom. The number of aliphatic hydroxyl groups is 1. The van der Waals surface area contributed by atoms with Crippen LogP contribution in [0.4, 0.5) is 0 Å². The second-order valence-corrected chi connectivity index (χ2v) is 6.56. The monoisotopic (exact) mass is 211 g/mol. The largest absolute Gasteiger partial charge is 0.388 e. The lowest BCUT2D eigenvalue weighted by atomic mass is 9.63. The lowest BCUT2D eigenvalue weighted by Gasteiger charge is -2.49. The molecule has 2 nitrogen and oxygen atoms in total.